The Hall–Kier alpha value is -1.98. The number of sulfonamides is 1. The number of benzene rings is 1. The molecule has 29 heavy (non-hydrogen) atoms. The van der Waals surface area contributed by atoms with Gasteiger partial charge in [0.25, 0.3) is 0 Å². The zero-order chi connectivity index (χ0) is 21.8. The third kappa shape index (κ3) is 5.77. The van der Waals surface area contributed by atoms with Crippen molar-refractivity contribution in [3.8, 4) is 5.75 Å². The molecule has 1 atom stereocenters. The summed E-state index contributed by atoms with van der Waals surface area (Å²) in [7, 11) is -3.67. The van der Waals surface area contributed by atoms with Crippen LogP contribution in [0.4, 0.5) is 0 Å². The Kier molecular flexibility index (Phi) is 7.41. The molecule has 1 unspecified atom stereocenters. The van der Waals surface area contributed by atoms with Crippen LogP contribution in [-0.2, 0) is 14.8 Å². The molecule has 0 aromatic heterocycles. The van der Waals surface area contributed by atoms with Crippen molar-refractivity contribution >= 4 is 22.0 Å². The summed E-state index contributed by atoms with van der Waals surface area (Å²) in [5, 5.41) is 19.4. The summed E-state index contributed by atoms with van der Waals surface area (Å²) in [4.78, 5) is 11.4. The monoisotopic (exact) mass is 427 g/mol. The number of ether oxygens (including phenoxy) is 1. The van der Waals surface area contributed by atoms with E-state index in [9.17, 15) is 18.3 Å². The number of carbonyl (C=O) groups excluding carboxylic acids is 1. The molecule has 1 aliphatic rings. The van der Waals surface area contributed by atoms with E-state index in [1.54, 1.807) is 12.1 Å². The highest BCUT2D eigenvalue weighted by Crippen LogP contribution is 2.25. The Balaban J connectivity index is 2.11. The normalized spacial score (nSPS) is 18.7. The number of nitrogens with zero attached hydrogens (tertiary/aromatic N) is 1. The third-order valence-corrected chi connectivity index (χ3v) is 6.66. The molecule has 2 rings (SSSR count). The number of aryl methyl sites for hydroxylation is 2. The first-order valence-corrected chi connectivity index (χ1v) is 10.8. The lowest BCUT2D eigenvalue weighted by atomic mass is 9.89. The van der Waals surface area contributed by atoms with Gasteiger partial charge in [0.15, 0.2) is 0 Å². The zero-order valence-corrected chi connectivity index (χ0v) is 17.5. The van der Waals surface area contributed by atoms with Gasteiger partial charge in [-0.25, -0.2) is 8.42 Å². The predicted octanol–water partition coefficient (Wildman–Crippen LogP) is -0.385. The van der Waals surface area contributed by atoms with Crippen LogP contribution in [0.25, 0.3) is 6.08 Å². The Morgan fingerprint density at radius 2 is 1.86 bits per heavy atom. The van der Waals surface area contributed by atoms with Gasteiger partial charge in [0.05, 0.1) is 12.1 Å². The molecule has 1 aliphatic heterocycles. The predicted molar refractivity (Wildman–Crippen MR) is 109 cm³/mol. The van der Waals surface area contributed by atoms with E-state index >= 15 is 0 Å². The van der Waals surface area contributed by atoms with Gasteiger partial charge in [-0.15, -0.1) is 0 Å². The maximum atomic E-state index is 12.6. The molecule has 1 amide bonds. The summed E-state index contributed by atoms with van der Waals surface area (Å²) in [6, 6.07) is 3.47. The Labute approximate surface area is 171 Å². The summed E-state index contributed by atoms with van der Waals surface area (Å²) in [5.74, 6) is -0.0977. The number of rotatable bonds is 8. The van der Waals surface area contributed by atoms with Gasteiger partial charge in [-0.2, -0.15) is 4.31 Å². The fourth-order valence-corrected chi connectivity index (χ4v) is 4.32. The number of aliphatic hydroxyl groups excluding tert-OH is 2. The summed E-state index contributed by atoms with van der Waals surface area (Å²) in [5.41, 5.74) is 12.4. The van der Waals surface area contributed by atoms with Crippen LogP contribution in [0.5, 0.6) is 5.75 Å². The number of hydrogen-bond acceptors (Lipinski definition) is 7. The second-order valence-electron chi connectivity index (χ2n) is 7.39. The maximum absolute atomic E-state index is 12.6. The molecule has 1 aromatic carbocycles. The van der Waals surface area contributed by atoms with Crippen molar-refractivity contribution in [3.63, 3.8) is 0 Å². The van der Waals surface area contributed by atoms with Gasteiger partial charge >= 0.3 is 0 Å². The second-order valence-corrected chi connectivity index (χ2v) is 9.20. The number of amides is 1. The molecule has 1 aromatic rings. The summed E-state index contributed by atoms with van der Waals surface area (Å²) in [6.07, 6.45) is 0.926. The van der Waals surface area contributed by atoms with Gasteiger partial charge in [-0.1, -0.05) is 0 Å². The van der Waals surface area contributed by atoms with Crippen LogP contribution < -0.4 is 16.2 Å². The minimum Gasteiger partial charge on any atom is -0.491 e. The molecule has 162 valence electrons. The van der Waals surface area contributed by atoms with Crippen molar-refractivity contribution < 1.29 is 28.2 Å². The van der Waals surface area contributed by atoms with Crippen molar-refractivity contribution in [1.82, 2.24) is 4.31 Å². The molecule has 0 spiro atoms. The SMILES string of the molecule is Cc1cc(OCC(O)CO)cc(C)c1C=CS(=O)(=O)N1CCC(N)(C(N)=O)CC1. The Morgan fingerprint density at radius 3 is 2.34 bits per heavy atom. The van der Waals surface area contributed by atoms with Crippen molar-refractivity contribution in [3.05, 3.63) is 34.2 Å². The lowest BCUT2D eigenvalue weighted by Gasteiger charge is -2.35. The summed E-state index contributed by atoms with van der Waals surface area (Å²) < 4.78 is 32.0. The van der Waals surface area contributed by atoms with Crippen molar-refractivity contribution in [2.45, 2.75) is 38.3 Å². The molecule has 9 nitrogen and oxygen atoms in total. The van der Waals surface area contributed by atoms with E-state index in [4.69, 9.17) is 21.3 Å². The summed E-state index contributed by atoms with van der Waals surface area (Å²) in [6.45, 7) is 3.48. The second kappa shape index (κ2) is 9.23. The first-order chi connectivity index (χ1) is 13.5. The fraction of sp³-hybridized carbons (Fsp3) is 0.526. The van der Waals surface area contributed by atoms with Crippen LogP contribution in [0.15, 0.2) is 17.5 Å². The molecule has 0 saturated carbocycles. The van der Waals surface area contributed by atoms with Gasteiger partial charge < -0.3 is 26.4 Å². The van der Waals surface area contributed by atoms with Gasteiger partial charge in [0.2, 0.25) is 15.9 Å². The Morgan fingerprint density at radius 1 is 1.31 bits per heavy atom. The smallest absolute Gasteiger partial charge is 0.237 e. The van der Waals surface area contributed by atoms with Crippen LogP contribution in [0.1, 0.15) is 29.5 Å². The van der Waals surface area contributed by atoms with Crippen LogP contribution in [0.3, 0.4) is 0 Å². The molecule has 0 aliphatic carbocycles. The van der Waals surface area contributed by atoms with E-state index in [0.29, 0.717) is 5.75 Å². The largest absolute Gasteiger partial charge is 0.491 e. The minimum absolute atomic E-state index is 0.0398. The van der Waals surface area contributed by atoms with E-state index in [0.717, 1.165) is 22.1 Å². The van der Waals surface area contributed by atoms with E-state index in [-0.39, 0.29) is 32.5 Å². The maximum Gasteiger partial charge on any atom is 0.237 e. The standard InChI is InChI=1S/C19H29N3O6S/c1-13-9-16(28-12-15(24)11-23)10-14(2)17(13)3-8-29(26,27)22-6-4-19(21,5-7-22)18(20)25/h3,8-10,15,23-24H,4-7,11-12,21H2,1-2H3,(H2,20,25). The topological polar surface area (TPSA) is 156 Å². The molecule has 10 heteroatoms. The fourth-order valence-electron chi connectivity index (χ4n) is 3.15. The Bertz CT molecular complexity index is 853. The number of primary amides is 1. The molecular formula is C19H29N3O6S. The van der Waals surface area contributed by atoms with Crippen molar-refractivity contribution in [2.75, 3.05) is 26.3 Å². The van der Waals surface area contributed by atoms with Gasteiger partial charge in [0.1, 0.15) is 18.5 Å². The van der Waals surface area contributed by atoms with E-state index < -0.39 is 34.2 Å². The minimum atomic E-state index is -3.67. The average Bonchev–Trinajstić information content (AvgIpc) is 2.65. The third-order valence-electron chi connectivity index (χ3n) is 5.09. The first kappa shape index (κ1) is 23.3. The average molecular weight is 428 g/mol. The van der Waals surface area contributed by atoms with E-state index in [2.05, 4.69) is 0 Å². The highest BCUT2D eigenvalue weighted by atomic mass is 32.2. The molecular weight excluding hydrogens is 398 g/mol. The van der Waals surface area contributed by atoms with Crippen LogP contribution in [-0.4, -0.2) is 66.8 Å². The molecule has 1 saturated heterocycles. The van der Waals surface area contributed by atoms with Gasteiger partial charge in [-0.05, 0) is 61.6 Å². The van der Waals surface area contributed by atoms with Crippen LogP contribution in [0, 0.1) is 13.8 Å². The molecule has 0 bridgehead atoms. The quantitative estimate of drug-likeness (QED) is 0.440. The highest BCUT2D eigenvalue weighted by molar-refractivity contribution is 7.92. The zero-order valence-electron chi connectivity index (χ0n) is 16.7. The molecule has 0 radical (unpaired) electrons. The number of nitrogens with two attached hydrogens (primary N) is 2. The number of hydrogen-bond donors (Lipinski definition) is 4. The molecule has 6 N–H and O–H groups in total. The molecule has 1 fully saturated rings. The first-order valence-electron chi connectivity index (χ1n) is 9.28. The number of carbonyl (C=O) groups is 1. The molecule has 1 heterocycles. The lowest BCUT2D eigenvalue weighted by Crippen LogP contribution is -2.58. The van der Waals surface area contributed by atoms with Gasteiger partial charge in [0, 0.05) is 18.5 Å². The van der Waals surface area contributed by atoms with E-state index in [1.165, 1.54) is 10.4 Å². The lowest BCUT2D eigenvalue weighted by molar-refractivity contribution is -0.124. The van der Waals surface area contributed by atoms with E-state index in [1.807, 2.05) is 13.8 Å². The van der Waals surface area contributed by atoms with Crippen molar-refractivity contribution in [1.29, 1.82) is 0 Å². The number of aliphatic hydroxyl groups is 2. The highest BCUT2D eigenvalue weighted by Gasteiger charge is 2.38. The summed E-state index contributed by atoms with van der Waals surface area (Å²) >= 11 is 0. The van der Waals surface area contributed by atoms with Crippen molar-refractivity contribution in [2.24, 2.45) is 11.5 Å². The van der Waals surface area contributed by atoms with Crippen LogP contribution >= 0.6 is 0 Å². The van der Waals surface area contributed by atoms with Crippen LogP contribution in [0.2, 0.25) is 0 Å². The number of piperidine rings is 1. The van der Waals surface area contributed by atoms with Gasteiger partial charge in [-0.3, -0.25) is 4.79 Å².